The third-order valence-corrected chi connectivity index (χ3v) is 7.07. The lowest BCUT2D eigenvalue weighted by Gasteiger charge is -2.27. The predicted octanol–water partition coefficient (Wildman–Crippen LogP) is 3.89. The Hall–Kier alpha value is -2.58. The van der Waals surface area contributed by atoms with Gasteiger partial charge in [-0.25, -0.2) is 8.42 Å². The molecule has 0 aliphatic carbocycles. The summed E-state index contributed by atoms with van der Waals surface area (Å²) in [7, 11) is -3.71. The Morgan fingerprint density at radius 2 is 1.71 bits per heavy atom. The average molecular weight is 447 g/mol. The Kier molecular flexibility index (Phi) is 7.56. The van der Waals surface area contributed by atoms with Crippen molar-refractivity contribution in [2.45, 2.75) is 44.9 Å². The molecule has 0 spiro atoms. The summed E-state index contributed by atoms with van der Waals surface area (Å²) in [4.78, 5) is 12.5. The predicted molar refractivity (Wildman–Crippen MR) is 120 cm³/mol. The highest BCUT2D eigenvalue weighted by Gasteiger charge is 2.29. The summed E-state index contributed by atoms with van der Waals surface area (Å²) < 4.78 is 39.1. The number of nitrogens with one attached hydrogen (secondary N) is 1. The first kappa shape index (κ1) is 23.1. The fraction of sp³-hybridized carbons (Fsp3) is 0.435. The van der Waals surface area contributed by atoms with Crippen molar-refractivity contribution in [2.24, 2.45) is 0 Å². The van der Waals surface area contributed by atoms with E-state index in [0.29, 0.717) is 31.1 Å². The Labute approximate surface area is 184 Å². The van der Waals surface area contributed by atoms with Gasteiger partial charge < -0.3 is 14.8 Å². The number of piperidine rings is 1. The van der Waals surface area contributed by atoms with Crippen molar-refractivity contribution >= 4 is 21.6 Å². The molecule has 8 heteroatoms. The minimum Gasteiger partial charge on any atom is -0.492 e. The van der Waals surface area contributed by atoms with Gasteiger partial charge in [0.15, 0.2) is 6.61 Å². The Balaban J connectivity index is 1.75. The van der Waals surface area contributed by atoms with Gasteiger partial charge in [-0.1, -0.05) is 24.1 Å². The normalized spacial score (nSPS) is 14.8. The maximum atomic E-state index is 13.2. The average Bonchev–Trinajstić information content (AvgIpc) is 2.75. The zero-order valence-electron chi connectivity index (χ0n) is 18.3. The molecule has 7 nitrogen and oxygen atoms in total. The molecule has 1 heterocycles. The quantitative estimate of drug-likeness (QED) is 0.665. The molecular formula is C23H30N2O5S. The number of carbonyl (C=O) groups is 1. The van der Waals surface area contributed by atoms with Gasteiger partial charge in [-0.2, -0.15) is 4.31 Å². The molecule has 31 heavy (non-hydrogen) atoms. The van der Waals surface area contributed by atoms with Crippen molar-refractivity contribution in [2.75, 3.05) is 31.6 Å². The molecule has 2 aromatic carbocycles. The van der Waals surface area contributed by atoms with Crippen LogP contribution in [0.3, 0.4) is 0 Å². The van der Waals surface area contributed by atoms with Gasteiger partial charge in [-0.15, -0.1) is 0 Å². The second-order valence-corrected chi connectivity index (χ2v) is 9.57. The summed E-state index contributed by atoms with van der Waals surface area (Å²) in [5.74, 6) is 0.559. The van der Waals surface area contributed by atoms with Gasteiger partial charge in [0.1, 0.15) is 16.4 Å². The van der Waals surface area contributed by atoms with Crippen LogP contribution in [0.5, 0.6) is 11.5 Å². The van der Waals surface area contributed by atoms with E-state index in [1.54, 1.807) is 19.1 Å². The smallest absolute Gasteiger partial charge is 0.262 e. The number of benzene rings is 2. The Morgan fingerprint density at radius 3 is 2.39 bits per heavy atom. The van der Waals surface area contributed by atoms with Crippen molar-refractivity contribution in [3.05, 3.63) is 47.5 Å². The summed E-state index contributed by atoms with van der Waals surface area (Å²) in [5, 5.41) is 2.73. The summed E-state index contributed by atoms with van der Waals surface area (Å²) in [6.07, 6.45) is 2.71. The minimum atomic E-state index is -3.71. The molecule has 1 N–H and O–H groups in total. The number of ether oxygens (including phenoxy) is 2. The van der Waals surface area contributed by atoms with Crippen molar-refractivity contribution in [3.8, 4) is 11.5 Å². The van der Waals surface area contributed by atoms with Crippen LogP contribution >= 0.6 is 0 Å². The second-order valence-electron chi connectivity index (χ2n) is 7.67. The molecule has 0 radical (unpaired) electrons. The van der Waals surface area contributed by atoms with Gasteiger partial charge in [0, 0.05) is 18.8 Å². The standard InChI is InChI=1S/C23H30N2O5S/c1-4-29-21-11-9-19(15-22(21)31(27,28)25-12-6-5-7-13-25)24-23(26)16-30-20-10-8-17(2)14-18(20)3/h8-11,14-15H,4-7,12-13,16H2,1-3H3,(H,24,26). The maximum Gasteiger partial charge on any atom is 0.262 e. The minimum absolute atomic E-state index is 0.0735. The van der Waals surface area contributed by atoms with E-state index >= 15 is 0 Å². The third kappa shape index (κ3) is 5.77. The van der Waals surface area contributed by atoms with Gasteiger partial charge in [0.2, 0.25) is 10.0 Å². The van der Waals surface area contributed by atoms with Crippen LogP contribution in [0, 0.1) is 13.8 Å². The van der Waals surface area contributed by atoms with Crippen LogP contribution in [0.1, 0.15) is 37.3 Å². The highest BCUT2D eigenvalue weighted by atomic mass is 32.2. The molecule has 0 atom stereocenters. The molecule has 3 rings (SSSR count). The molecule has 1 aliphatic heterocycles. The van der Waals surface area contributed by atoms with Crippen LogP contribution in [-0.2, 0) is 14.8 Å². The Bertz CT molecular complexity index is 1030. The molecule has 168 valence electrons. The van der Waals surface area contributed by atoms with Gasteiger partial charge in [-0.05, 0) is 63.4 Å². The van der Waals surface area contributed by atoms with Crippen LogP contribution in [0.25, 0.3) is 0 Å². The fourth-order valence-electron chi connectivity index (χ4n) is 3.61. The number of carbonyl (C=O) groups excluding carboxylic acids is 1. The molecular weight excluding hydrogens is 416 g/mol. The molecule has 0 bridgehead atoms. The first-order valence-corrected chi connectivity index (χ1v) is 12.0. The van der Waals surface area contributed by atoms with Gasteiger partial charge in [0.05, 0.1) is 6.61 Å². The van der Waals surface area contributed by atoms with Crippen LogP contribution in [0.15, 0.2) is 41.3 Å². The first-order valence-electron chi connectivity index (χ1n) is 10.6. The number of anilines is 1. The number of nitrogens with zero attached hydrogens (tertiary/aromatic N) is 1. The number of hydrogen-bond donors (Lipinski definition) is 1. The van der Waals surface area contributed by atoms with Crippen molar-refractivity contribution in [3.63, 3.8) is 0 Å². The monoisotopic (exact) mass is 446 g/mol. The zero-order chi connectivity index (χ0) is 22.4. The van der Waals surface area contributed by atoms with Crippen LogP contribution in [-0.4, -0.2) is 44.9 Å². The summed E-state index contributed by atoms with van der Waals surface area (Å²) in [6.45, 7) is 6.87. The second kappa shape index (κ2) is 10.2. The first-order chi connectivity index (χ1) is 14.8. The van der Waals surface area contributed by atoms with E-state index in [1.807, 2.05) is 32.0 Å². The van der Waals surface area contributed by atoms with Crippen LogP contribution < -0.4 is 14.8 Å². The van der Waals surface area contributed by atoms with Crippen LogP contribution in [0.4, 0.5) is 5.69 Å². The largest absolute Gasteiger partial charge is 0.492 e. The van der Waals surface area contributed by atoms with E-state index in [4.69, 9.17) is 9.47 Å². The molecule has 1 amide bonds. The van der Waals surface area contributed by atoms with Gasteiger partial charge in [0.25, 0.3) is 5.91 Å². The van der Waals surface area contributed by atoms with Crippen molar-refractivity contribution in [1.82, 2.24) is 4.31 Å². The molecule has 0 aromatic heterocycles. The van der Waals surface area contributed by atoms with E-state index < -0.39 is 10.0 Å². The van der Waals surface area contributed by atoms with E-state index in [9.17, 15) is 13.2 Å². The highest BCUT2D eigenvalue weighted by molar-refractivity contribution is 7.89. The summed E-state index contributed by atoms with van der Waals surface area (Å²) >= 11 is 0. The van der Waals surface area contributed by atoms with E-state index in [-0.39, 0.29) is 23.2 Å². The fourth-order valence-corrected chi connectivity index (χ4v) is 5.28. The molecule has 0 unspecified atom stereocenters. The molecule has 1 fully saturated rings. The maximum absolute atomic E-state index is 13.2. The lowest BCUT2D eigenvalue weighted by atomic mass is 10.1. The van der Waals surface area contributed by atoms with E-state index in [2.05, 4.69) is 5.32 Å². The molecule has 0 saturated carbocycles. The third-order valence-electron chi connectivity index (χ3n) is 5.15. The number of amides is 1. The summed E-state index contributed by atoms with van der Waals surface area (Å²) in [6, 6.07) is 10.4. The molecule has 2 aromatic rings. The highest BCUT2D eigenvalue weighted by Crippen LogP contribution is 2.31. The van der Waals surface area contributed by atoms with E-state index in [1.165, 1.54) is 10.4 Å². The topological polar surface area (TPSA) is 84.9 Å². The van der Waals surface area contributed by atoms with Gasteiger partial charge >= 0.3 is 0 Å². The lowest BCUT2D eigenvalue weighted by Crippen LogP contribution is -2.35. The number of aryl methyl sites for hydroxylation is 2. The number of hydrogen-bond acceptors (Lipinski definition) is 5. The lowest BCUT2D eigenvalue weighted by molar-refractivity contribution is -0.118. The van der Waals surface area contributed by atoms with Crippen molar-refractivity contribution in [1.29, 1.82) is 0 Å². The SMILES string of the molecule is CCOc1ccc(NC(=O)COc2ccc(C)cc2C)cc1S(=O)(=O)N1CCCCC1. The molecule has 1 aliphatic rings. The van der Waals surface area contributed by atoms with E-state index in [0.717, 1.165) is 30.4 Å². The Morgan fingerprint density at radius 1 is 1.00 bits per heavy atom. The van der Waals surface area contributed by atoms with Gasteiger partial charge in [-0.3, -0.25) is 4.79 Å². The summed E-state index contributed by atoms with van der Waals surface area (Å²) in [5.41, 5.74) is 2.45. The number of rotatable bonds is 8. The molecule has 1 saturated heterocycles. The number of sulfonamides is 1. The van der Waals surface area contributed by atoms with Crippen LogP contribution in [0.2, 0.25) is 0 Å². The van der Waals surface area contributed by atoms with Crippen molar-refractivity contribution < 1.29 is 22.7 Å². The zero-order valence-corrected chi connectivity index (χ0v) is 19.1.